The van der Waals surface area contributed by atoms with Gasteiger partial charge >= 0.3 is 14.5 Å². The molecule has 0 aliphatic carbocycles. The molecule has 1 aromatic rings. The molecule has 0 aromatic heterocycles. The van der Waals surface area contributed by atoms with Crippen LogP contribution >= 0.6 is 0 Å². The number of carbonyl (C=O) groups excluding carboxylic acids is 1. The molecular weight excluding hydrogens is 292 g/mol. The van der Waals surface area contributed by atoms with Gasteiger partial charge in [0.15, 0.2) is 0 Å². The predicted molar refractivity (Wildman–Crippen MR) is 91.6 cm³/mol. The molecule has 0 spiro atoms. The second-order valence-corrected chi connectivity index (χ2v) is 12.5. The fourth-order valence-corrected chi connectivity index (χ4v) is 7.69. The van der Waals surface area contributed by atoms with Gasteiger partial charge in [-0.1, -0.05) is 59.8 Å². The summed E-state index contributed by atoms with van der Waals surface area (Å²) in [6, 6.07) is 5.63. The molecule has 0 unspecified atom stereocenters. The summed E-state index contributed by atoms with van der Waals surface area (Å²) in [5, 5.41) is -0.472. The quantitative estimate of drug-likeness (QED) is 0.568. The molecular formula is C18H26O3Si. The molecule has 0 radical (unpaired) electrons. The molecule has 0 amide bonds. The van der Waals surface area contributed by atoms with Crippen molar-refractivity contribution in [3.63, 3.8) is 0 Å². The summed E-state index contributed by atoms with van der Waals surface area (Å²) in [7, 11) is -2.84. The number of fused-ring (bicyclic) bond motifs is 1. The van der Waals surface area contributed by atoms with Crippen LogP contribution in [0.15, 0.2) is 30.9 Å². The van der Waals surface area contributed by atoms with Gasteiger partial charge in [0.1, 0.15) is 5.75 Å². The van der Waals surface area contributed by atoms with Crippen LogP contribution in [0.2, 0.25) is 10.1 Å². The van der Waals surface area contributed by atoms with E-state index in [9.17, 15) is 4.79 Å². The molecule has 1 aliphatic heterocycles. The van der Waals surface area contributed by atoms with Crippen molar-refractivity contribution in [1.82, 2.24) is 0 Å². The van der Waals surface area contributed by atoms with Crippen LogP contribution in [0.1, 0.15) is 57.5 Å². The zero-order chi connectivity index (χ0) is 16.8. The molecule has 0 bridgehead atoms. The normalized spacial score (nSPS) is 17.3. The average Bonchev–Trinajstić information content (AvgIpc) is 2.37. The third kappa shape index (κ3) is 2.49. The monoisotopic (exact) mass is 318 g/mol. The molecule has 4 heteroatoms. The molecule has 0 fully saturated rings. The Morgan fingerprint density at radius 2 is 1.68 bits per heavy atom. The van der Waals surface area contributed by atoms with Crippen LogP contribution in [-0.2, 0) is 10.8 Å². The smallest absolute Gasteiger partial charge is 0.473 e. The predicted octanol–water partition coefficient (Wildman–Crippen LogP) is 5.01. The Labute approximate surface area is 134 Å². The Morgan fingerprint density at radius 3 is 2.18 bits per heavy atom. The highest BCUT2D eigenvalue weighted by Crippen LogP contribution is 2.55. The van der Waals surface area contributed by atoms with Gasteiger partial charge in [-0.2, -0.15) is 0 Å². The first-order valence-corrected chi connectivity index (χ1v) is 9.50. The lowest BCUT2D eigenvalue weighted by molar-refractivity contribution is 0.0604. The van der Waals surface area contributed by atoms with Crippen LogP contribution in [0.25, 0.3) is 0 Å². The van der Waals surface area contributed by atoms with Crippen LogP contribution in [0.4, 0.5) is 0 Å². The Morgan fingerprint density at radius 1 is 1.09 bits per heavy atom. The summed E-state index contributed by atoms with van der Waals surface area (Å²) in [6.07, 6.45) is 2.51. The minimum absolute atomic E-state index is 0.236. The molecule has 0 saturated heterocycles. The van der Waals surface area contributed by atoms with Crippen molar-refractivity contribution in [3.05, 3.63) is 42.0 Å². The van der Waals surface area contributed by atoms with Gasteiger partial charge in [0, 0.05) is 10.1 Å². The number of benzene rings is 1. The zero-order valence-corrected chi connectivity index (χ0v) is 15.4. The topological polar surface area (TPSA) is 35.5 Å². The number of carbonyl (C=O) groups is 1. The zero-order valence-electron chi connectivity index (χ0n) is 14.4. The first kappa shape index (κ1) is 16.8. The van der Waals surface area contributed by atoms with Crippen molar-refractivity contribution >= 4 is 14.5 Å². The van der Waals surface area contributed by atoms with Crippen molar-refractivity contribution in [3.8, 4) is 5.75 Å². The maximum atomic E-state index is 12.7. The van der Waals surface area contributed by atoms with E-state index >= 15 is 0 Å². The summed E-state index contributed by atoms with van der Waals surface area (Å²) in [6.45, 7) is 16.4. The second-order valence-electron chi connectivity index (χ2n) is 7.89. The average molecular weight is 318 g/mol. The van der Waals surface area contributed by atoms with Crippen LogP contribution in [0.3, 0.4) is 0 Å². The summed E-state index contributed by atoms with van der Waals surface area (Å²) >= 11 is 0. The number of hydrogen-bond donors (Lipinski definition) is 0. The van der Waals surface area contributed by atoms with E-state index in [2.05, 4.69) is 48.1 Å². The summed E-state index contributed by atoms with van der Waals surface area (Å²) in [4.78, 5) is 12.7. The lowest BCUT2D eigenvalue weighted by Crippen LogP contribution is -2.62. The van der Waals surface area contributed by atoms with Gasteiger partial charge in [0.05, 0.1) is 5.56 Å². The lowest BCUT2D eigenvalue weighted by atomic mass is 10.1. The molecule has 1 heterocycles. The lowest BCUT2D eigenvalue weighted by Gasteiger charge is -2.50. The fraction of sp³-hybridized carbons (Fsp3) is 0.500. The summed E-state index contributed by atoms with van der Waals surface area (Å²) in [5.41, 5.74) is 1.52. The molecule has 0 N–H and O–H groups in total. The number of allylic oxidation sites excluding steroid dienone is 1. The van der Waals surface area contributed by atoms with Crippen molar-refractivity contribution in [2.24, 2.45) is 0 Å². The van der Waals surface area contributed by atoms with E-state index in [0.29, 0.717) is 17.7 Å². The van der Waals surface area contributed by atoms with Gasteiger partial charge in [-0.3, -0.25) is 0 Å². The Kier molecular flexibility index (Phi) is 4.02. The van der Waals surface area contributed by atoms with Crippen molar-refractivity contribution in [2.45, 2.75) is 58.0 Å². The molecule has 120 valence electrons. The number of hydrogen-bond acceptors (Lipinski definition) is 3. The fourth-order valence-electron chi connectivity index (χ4n) is 3.27. The van der Waals surface area contributed by atoms with Crippen LogP contribution in [0.5, 0.6) is 5.75 Å². The highest BCUT2D eigenvalue weighted by molar-refractivity contribution is 6.76. The number of rotatable bonds is 2. The van der Waals surface area contributed by atoms with E-state index in [-0.39, 0.29) is 16.0 Å². The van der Waals surface area contributed by atoms with E-state index in [1.807, 2.05) is 18.2 Å². The molecule has 0 atom stereocenters. The Hall–Kier alpha value is -1.55. The minimum atomic E-state index is -2.84. The van der Waals surface area contributed by atoms with Crippen LogP contribution in [0, 0.1) is 0 Å². The van der Waals surface area contributed by atoms with E-state index in [1.54, 1.807) is 6.07 Å². The molecule has 0 saturated carbocycles. The van der Waals surface area contributed by atoms with Crippen LogP contribution < -0.4 is 4.43 Å². The highest BCUT2D eigenvalue weighted by Gasteiger charge is 2.65. The maximum absolute atomic E-state index is 12.7. The summed E-state index contributed by atoms with van der Waals surface area (Å²) in [5.74, 6) is 0.429. The van der Waals surface area contributed by atoms with E-state index in [1.165, 1.54) is 0 Å². The van der Waals surface area contributed by atoms with E-state index in [0.717, 1.165) is 5.56 Å². The second kappa shape index (κ2) is 5.27. The first-order chi connectivity index (χ1) is 10.0. The minimum Gasteiger partial charge on any atom is -0.510 e. The third-order valence-corrected chi connectivity index (χ3v) is 9.05. The molecule has 1 aliphatic rings. The van der Waals surface area contributed by atoms with Crippen molar-refractivity contribution in [2.75, 3.05) is 0 Å². The highest BCUT2D eigenvalue weighted by atomic mass is 28.4. The molecule has 1 aromatic carbocycles. The Bertz CT molecular complexity index is 592. The van der Waals surface area contributed by atoms with Gasteiger partial charge in [0.2, 0.25) is 0 Å². The summed E-state index contributed by atoms with van der Waals surface area (Å²) < 4.78 is 12.6. The first-order valence-electron chi connectivity index (χ1n) is 7.68. The van der Waals surface area contributed by atoms with E-state index < -0.39 is 8.56 Å². The van der Waals surface area contributed by atoms with Gasteiger partial charge in [-0.25, -0.2) is 4.79 Å². The maximum Gasteiger partial charge on any atom is 0.473 e. The largest absolute Gasteiger partial charge is 0.510 e. The van der Waals surface area contributed by atoms with Crippen molar-refractivity contribution in [1.29, 1.82) is 0 Å². The Balaban J connectivity index is 2.67. The molecule has 3 nitrogen and oxygen atoms in total. The standard InChI is InChI=1S/C18H26O3Si/c1-8-10-13-11-9-12-14-15(13)20-22(17(2,3)4,18(5,6)7)21-16(14)19/h8-9,11-12H,1,10H2,2-7H3. The molecule has 22 heavy (non-hydrogen) atoms. The number of para-hydroxylation sites is 1. The van der Waals surface area contributed by atoms with E-state index in [4.69, 9.17) is 8.85 Å². The van der Waals surface area contributed by atoms with Gasteiger partial charge in [-0.05, 0) is 18.1 Å². The SMILES string of the molecule is C=CCc1cccc2c1O[Si](C(C)(C)C)(C(C)(C)C)OC2=O. The third-order valence-electron chi connectivity index (χ3n) is 4.14. The van der Waals surface area contributed by atoms with Gasteiger partial charge < -0.3 is 8.85 Å². The van der Waals surface area contributed by atoms with Crippen molar-refractivity contribution < 1.29 is 13.6 Å². The molecule has 2 rings (SSSR count). The van der Waals surface area contributed by atoms with Gasteiger partial charge in [-0.15, -0.1) is 6.58 Å². The van der Waals surface area contributed by atoms with Crippen LogP contribution in [-0.4, -0.2) is 14.5 Å². The van der Waals surface area contributed by atoms with Gasteiger partial charge in [0.25, 0.3) is 0 Å².